The fourth-order valence-corrected chi connectivity index (χ4v) is 5.46. The van der Waals surface area contributed by atoms with E-state index in [1.54, 1.807) is 0 Å². The monoisotopic (exact) mass is 338 g/mol. The highest BCUT2D eigenvalue weighted by Crippen LogP contribution is 2.46. The first-order chi connectivity index (χ1) is 9.76. The molecule has 1 aliphatic heterocycles. The Kier molecular flexibility index (Phi) is 11.0. The van der Waals surface area contributed by atoms with Crippen molar-refractivity contribution in [2.45, 2.75) is 61.1 Å². The van der Waals surface area contributed by atoms with Gasteiger partial charge in [0.15, 0.2) is 6.29 Å². The smallest absolute Gasteiger partial charge is 0.157 e. The third-order valence-corrected chi connectivity index (χ3v) is 9.23. The summed E-state index contributed by atoms with van der Waals surface area (Å²) in [6.07, 6.45) is 16.7. The molecular formula is C15H30O2S3. The van der Waals surface area contributed by atoms with E-state index in [1.807, 2.05) is 35.3 Å². The number of ether oxygens (including phenoxy) is 2. The molecule has 1 saturated heterocycles. The Bertz CT molecular complexity index is 221. The molecule has 2 nitrogen and oxygen atoms in total. The van der Waals surface area contributed by atoms with Crippen molar-refractivity contribution in [3.8, 4) is 0 Å². The Morgan fingerprint density at radius 2 is 1.70 bits per heavy atom. The second kappa shape index (κ2) is 11.5. The molecule has 0 amide bonds. The van der Waals surface area contributed by atoms with Gasteiger partial charge >= 0.3 is 0 Å². The average molecular weight is 339 g/mol. The zero-order valence-corrected chi connectivity index (χ0v) is 15.6. The summed E-state index contributed by atoms with van der Waals surface area (Å²) in [6.45, 7) is 1.74. The van der Waals surface area contributed by atoms with Gasteiger partial charge in [0.1, 0.15) is 3.41 Å². The lowest BCUT2D eigenvalue weighted by Gasteiger charge is -2.28. The molecule has 1 heterocycles. The van der Waals surface area contributed by atoms with Crippen molar-refractivity contribution in [3.63, 3.8) is 0 Å². The van der Waals surface area contributed by atoms with E-state index in [2.05, 4.69) is 18.8 Å². The van der Waals surface area contributed by atoms with E-state index in [4.69, 9.17) is 9.47 Å². The van der Waals surface area contributed by atoms with Crippen LogP contribution in [0, 0.1) is 0 Å². The zero-order chi connectivity index (χ0) is 14.7. The first-order valence-corrected chi connectivity index (χ1v) is 11.3. The third kappa shape index (κ3) is 7.30. The minimum atomic E-state index is 0.0841. The van der Waals surface area contributed by atoms with Gasteiger partial charge in [-0.3, -0.25) is 0 Å². The van der Waals surface area contributed by atoms with Gasteiger partial charge in [0.2, 0.25) is 0 Å². The van der Waals surface area contributed by atoms with Crippen LogP contribution in [0.15, 0.2) is 0 Å². The molecule has 0 radical (unpaired) electrons. The zero-order valence-electron chi connectivity index (χ0n) is 13.2. The van der Waals surface area contributed by atoms with Crippen LogP contribution in [0.1, 0.15) is 51.4 Å². The van der Waals surface area contributed by atoms with Crippen LogP contribution in [0.4, 0.5) is 0 Å². The fraction of sp³-hybridized carbons (Fsp3) is 1.00. The summed E-state index contributed by atoms with van der Waals surface area (Å²) in [6, 6.07) is 0. The van der Waals surface area contributed by atoms with E-state index in [-0.39, 0.29) is 6.29 Å². The van der Waals surface area contributed by atoms with Crippen LogP contribution in [0.2, 0.25) is 0 Å². The van der Waals surface area contributed by atoms with E-state index >= 15 is 0 Å². The van der Waals surface area contributed by atoms with Crippen LogP contribution in [0.3, 0.4) is 0 Å². The minimum Gasteiger partial charge on any atom is -0.353 e. The normalized spacial score (nSPS) is 20.2. The molecule has 0 aromatic heterocycles. The largest absolute Gasteiger partial charge is 0.353 e. The first kappa shape index (κ1) is 19.0. The molecule has 0 saturated carbocycles. The van der Waals surface area contributed by atoms with Crippen LogP contribution in [0.25, 0.3) is 0 Å². The molecule has 5 heteroatoms. The molecule has 1 unspecified atom stereocenters. The summed E-state index contributed by atoms with van der Waals surface area (Å²) < 4.78 is 11.7. The lowest BCUT2D eigenvalue weighted by atomic mass is 10.1. The fourth-order valence-electron chi connectivity index (χ4n) is 2.41. The van der Waals surface area contributed by atoms with Crippen LogP contribution in [-0.4, -0.2) is 41.7 Å². The van der Waals surface area contributed by atoms with Gasteiger partial charge in [0.05, 0.1) is 0 Å². The molecule has 1 atom stereocenters. The Morgan fingerprint density at radius 3 is 2.30 bits per heavy atom. The van der Waals surface area contributed by atoms with Crippen molar-refractivity contribution in [2.24, 2.45) is 0 Å². The summed E-state index contributed by atoms with van der Waals surface area (Å²) in [4.78, 5) is 0. The van der Waals surface area contributed by atoms with Crippen molar-refractivity contribution in [3.05, 3.63) is 0 Å². The number of thioether (sulfide) groups is 3. The van der Waals surface area contributed by atoms with Crippen molar-refractivity contribution in [1.29, 1.82) is 0 Å². The Balaban J connectivity index is 1.96. The highest BCUT2D eigenvalue weighted by atomic mass is 32.3. The van der Waals surface area contributed by atoms with Gasteiger partial charge in [-0.25, -0.2) is 0 Å². The van der Waals surface area contributed by atoms with E-state index in [9.17, 15) is 0 Å². The highest BCUT2D eigenvalue weighted by Gasteiger charge is 2.25. The molecule has 0 aromatic carbocycles. The van der Waals surface area contributed by atoms with Crippen LogP contribution in [-0.2, 0) is 9.47 Å². The summed E-state index contributed by atoms with van der Waals surface area (Å²) in [7, 11) is 0. The number of hydrogen-bond acceptors (Lipinski definition) is 5. The molecule has 1 aliphatic rings. The maximum atomic E-state index is 5.76. The number of rotatable bonds is 11. The molecule has 120 valence electrons. The maximum Gasteiger partial charge on any atom is 0.157 e. The molecule has 1 rings (SSSR count). The van der Waals surface area contributed by atoms with Crippen molar-refractivity contribution in [1.82, 2.24) is 0 Å². The van der Waals surface area contributed by atoms with Crippen molar-refractivity contribution >= 4 is 35.3 Å². The Labute approximate surface area is 137 Å². The average Bonchev–Trinajstić information content (AvgIpc) is 2.52. The lowest BCUT2D eigenvalue weighted by Crippen LogP contribution is -2.22. The number of unbranched alkanes of at least 4 members (excludes halogenated alkanes) is 3. The predicted octanol–water partition coefficient (Wildman–Crippen LogP) is 5.22. The van der Waals surface area contributed by atoms with Gasteiger partial charge < -0.3 is 9.47 Å². The molecule has 0 N–H and O–H groups in total. The van der Waals surface area contributed by atoms with Gasteiger partial charge in [-0.2, -0.15) is 0 Å². The highest BCUT2D eigenvalue weighted by molar-refractivity contribution is 8.33. The van der Waals surface area contributed by atoms with Crippen LogP contribution < -0.4 is 0 Å². The second-order valence-corrected chi connectivity index (χ2v) is 9.22. The Hall–Kier alpha value is 0.970. The van der Waals surface area contributed by atoms with Gasteiger partial charge in [-0.1, -0.05) is 19.3 Å². The summed E-state index contributed by atoms with van der Waals surface area (Å²) in [5.74, 6) is 0. The molecular weight excluding hydrogens is 308 g/mol. The van der Waals surface area contributed by atoms with Gasteiger partial charge in [-0.05, 0) is 50.9 Å². The first-order valence-electron chi connectivity index (χ1n) is 7.65. The van der Waals surface area contributed by atoms with Crippen LogP contribution >= 0.6 is 35.3 Å². The van der Waals surface area contributed by atoms with E-state index in [0.717, 1.165) is 19.6 Å². The van der Waals surface area contributed by atoms with E-state index in [1.165, 1.54) is 44.9 Å². The van der Waals surface area contributed by atoms with Crippen molar-refractivity contribution < 1.29 is 9.47 Å². The maximum absolute atomic E-state index is 5.76. The standard InChI is InChI=1S/C15H30O2S3/c1-18-15(19-2,20-3)11-7-4-5-8-12-16-14-10-6-9-13-17-14/h14H,4-13H2,1-3H3. The SMILES string of the molecule is CSC(CCCCCCOC1CCCCO1)(SC)SC. The van der Waals surface area contributed by atoms with Gasteiger partial charge in [0, 0.05) is 13.2 Å². The quantitative estimate of drug-likeness (QED) is 0.378. The third-order valence-electron chi connectivity index (χ3n) is 3.75. The summed E-state index contributed by atoms with van der Waals surface area (Å²) in [5, 5.41) is 0. The van der Waals surface area contributed by atoms with E-state index in [0.29, 0.717) is 3.41 Å². The topological polar surface area (TPSA) is 18.5 Å². The molecule has 1 fully saturated rings. The molecule has 0 spiro atoms. The van der Waals surface area contributed by atoms with Gasteiger partial charge in [-0.15, -0.1) is 35.3 Å². The summed E-state index contributed by atoms with van der Waals surface area (Å²) in [5.41, 5.74) is 0. The molecule has 20 heavy (non-hydrogen) atoms. The molecule has 0 aromatic rings. The second-order valence-electron chi connectivity index (χ2n) is 5.13. The Morgan fingerprint density at radius 1 is 1.00 bits per heavy atom. The van der Waals surface area contributed by atoms with E-state index < -0.39 is 0 Å². The molecule has 0 bridgehead atoms. The number of hydrogen-bond donors (Lipinski definition) is 0. The van der Waals surface area contributed by atoms with Crippen molar-refractivity contribution in [2.75, 3.05) is 32.0 Å². The van der Waals surface area contributed by atoms with Gasteiger partial charge in [0.25, 0.3) is 0 Å². The van der Waals surface area contributed by atoms with Crippen LogP contribution in [0.5, 0.6) is 0 Å². The summed E-state index contributed by atoms with van der Waals surface area (Å²) >= 11 is 5.97. The lowest BCUT2D eigenvalue weighted by molar-refractivity contribution is -0.162. The molecule has 0 aliphatic carbocycles. The predicted molar refractivity (Wildman–Crippen MR) is 95.9 cm³/mol. The minimum absolute atomic E-state index is 0.0841.